The van der Waals surface area contributed by atoms with Gasteiger partial charge >= 0.3 is 0 Å². The van der Waals surface area contributed by atoms with Crippen molar-refractivity contribution >= 4 is 5.91 Å². The lowest BCUT2D eigenvalue weighted by molar-refractivity contribution is -0.125. The van der Waals surface area contributed by atoms with Gasteiger partial charge in [0.2, 0.25) is 5.91 Å². The Morgan fingerprint density at radius 2 is 2.19 bits per heavy atom. The number of likely N-dealkylation sites (N-methyl/N-ethyl adjacent to an activating group) is 1. The van der Waals surface area contributed by atoms with Crippen LogP contribution in [0, 0.1) is 5.92 Å². The van der Waals surface area contributed by atoms with E-state index < -0.39 is 0 Å². The summed E-state index contributed by atoms with van der Waals surface area (Å²) >= 11 is 0. The van der Waals surface area contributed by atoms with Gasteiger partial charge in [-0.05, 0) is 19.9 Å². The molecule has 0 aliphatic heterocycles. The number of hydrazine groups is 1. The molecule has 1 fully saturated rings. The fourth-order valence-corrected chi connectivity index (χ4v) is 2.40. The number of aliphatic hydroxyl groups excluding tert-OH is 1. The molecule has 4 N–H and O–H groups in total. The van der Waals surface area contributed by atoms with Crippen molar-refractivity contribution in [3.8, 4) is 0 Å². The van der Waals surface area contributed by atoms with Crippen molar-refractivity contribution in [3.63, 3.8) is 0 Å². The second-order valence-corrected chi connectivity index (χ2v) is 4.77. The molecule has 16 heavy (non-hydrogen) atoms. The summed E-state index contributed by atoms with van der Waals surface area (Å²) in [6, 6.07) is 0.182. The number of rotatable bonds is 4. The van der Waals surface area contributed by atoms with Crippen molar-refractivity contribution in [2.45, 2.75) is 44.8 Å². The molecule has 0 spiro atoms. The van der Waals surface area contributed by atoms with Crippen LogP contribution in [0.4, 0.5) is 0 Å². The Balaban J connectivity index is 2.44. The molecule has 3 atom stereocenters. The van der Waals surface area contributed by atoms with Gasteiger partial charge in [0.15, 0.2) is 0 Å². The highest BCUT2D eigenvalue weighted by molar-refractivity contribution is 5.77. The maximum atomic E-state index is 11.3. The molecule has 1 aliphatic rings. The van der Waals surface area contributed by atoms with Crippen LogP contribution in [-0.4, -0.2) is 41.7 Å². The summed E-state index contributed by atoms with van der Waals surface area (Å²) in [6.45, 7) is 2.47. The molecule has 0 radical (unpaired) electrons. The lowest BCUT2D eigenvalue weighted by Gasteiger charge is -2.36. The van der Waals surface area contributed by atoms with Gasteiger partial charge in [-0.2, -0.15) is 0 Å². The van der Waals surface area contributed by atoms with E-state index in [1.807, 2.05) is 14.0 Å². The third kappa shape index (κ3) is 3.43. The monoisotopic (exact) mass is 229 g/mol. The molecule has 0 aromatic rings. The largest absolute Gasteiger partial charge is 0.391 e. The Morgan fingerprint density at radius 3 is 2.75 bits per heavy atom. The van der Waals surface area contributed by atoms with Crippen molar-refractivity contribution in [2.24, 2.45) is 11.8 Å². The van der Waals surface area contributed by atoms with Gasteiger partial charge in [-0.1, -0.05) is 19.8 Å². The Hall–Kier alpha value is -0.650. The molecule has 5 heteroatoms. The highest BCUT2D eigenvalue weighted by Gasteiger charge is 2.28. The van der Waals surface area contributed by atoms with Crippen LogP contribution in [0.2, 0.25) is 0 Å². The molecule has 1 saturated carbocycles. The first-order valence-electron chi connectivity index (χ1n) is 5.95. The zero-order valence-electron chi connectivity index (χ0n) is 10.1. The van der Waals surface area contributed by atoms with Gasteiger partial charge in [0.25, 0.3) is 0 Å². The van der Waals surface area contributed by atoms with Gasteiger partial charge in [0, 0.05) is 18.5 Å². The predicted octanol–water partition coefficient (Wildman–Crippen LogP) is -0.152. The van der Waals surface area contributed by atoms with Crippen molar-refractivity contribution in [2.75, 3.05) is 13.6 Å². The molecular weight excluding hydrogens is 206 g/mol. The van der Waals surface area contributed by atoms with Gasteiger partial charge in [0.1, 0.15) is 0 Å². The van der Waals surface area contributed by atoms with E-state index in [0.717, 1.165) is 25.7 Å². The Labute approximate surface area is 97.0 Å². The molecular formula is C11H23N3O2. The number of carbonyl (C=O) groups excluding carboxylic acids is 1. The van der Waals surface area contributed by atoms with Crippen LogP contribution >= 0.6 is 0 Å². The number of nitrogens with zero attached hydrogens (tertiary/aromatic N) is 1. The van der Waals surface area contributed by atoms with Gasteiger partial charge in [-0.25, -0.2) is 5.84 Å². The van der Waals surface area contributed by atoms with E-state index in [9.17, 15) is 9.90 Å². The quantitative estimate of drug-likeness (QED) is 0.356. The fourth-order valence-electron chi connectivity index (χ4n) is 2.40. The standard InChI is InChI=1S/C11H23N3O2/c1-8(11(16)13-12)7-14(2)9-5-3-4-6-10(9)15/h8-10,15H,3-7,12H2,1-2H3,(H,13,16). The van der Waals surface area contributed by atoms with Crippen LogP contribution in [0.1, 0.15) is 32.6 Å². The van der Waals surface area contributed by atoms with Gasteiger partial charge in [-0.15, -0.1) is 0 Å². The zero-order chi connectivity index (χ0) is 12.1. The highest BCUT2D eigenvalue weighted by atomic mass is 16.3. The van der Waals surface area contributed by atoms with E-state index in [-0.39, 0.29) is 24.0 Å². The Kier molecular flexibility index (Phi) is 5.18. The van der Waals surface area contributed by atoms with E-state index in [1.165, 1.54) is 0 Å². The van der Waals surface area contributed by atoms with Crippen LogP contribution in [0.5, 0.6) is 0 Å². The molecule has 94 valence electrons. The number of nitrogens with one attached hydrogen (secondary N) is 1. The van der Waals surface area contributed by atoms with Crippen LogP contribution in [0.25, 0.3) is 0 Å². The number of aliphatic hydroxyl groups is 1. The number of nitrogens with two attached hydrogens (primary N) is 1. The Morgan fingerprint density at radius 1 is 1.56 bits per heavy atom. The second kappa shape index (κ2) is 6.18. The van der Waals surface area contributed by atoms with E-state index in [4.69, 9.17) is 5.84 Å². The average Bonchev–Trinajstić information content (AvgIpc) is 2.28. The summed E-state index contributed by atoms with van der Waals surface area (Å²) in [6.07, 6.45) is 3.88. The molecule has 0 heterocycles. The summed E-state index contributed by atoms with van der Waals surface area (Å²) in [7, 11) is 1.96. The fraction of sp³-hybridized carbons (Fsp3) is 0.909. The van der Waals surface area contributed by atoms with Gasteiger partial charge < -0.3 is 10.0 Å². The van der Waals surface area contributed by atoms with E-state index in [0.29, 0.717) is 6.54 Å². The van der Waals surface area contributed by atoms with E-state index in [2.05, 4.69) is 10.3 Å². The van der Waals surface area contributed by atoms with Gasteiger partial charge in [0.05, 0.1) is 6.10 Å². The van der Waals surface area contributed by atoms with E-state index in [1.54, 1.807) is 0 Å². The molecule has 5 nitrogen and oxygen atoms in total. The average molecular weight is 229 g/mol. The second-order valence-electron chi connectivity index (χ2n) is 4.77. The maximum absolute atomic E-state index is 11.3. The summed E-state index contributed by atoms with van der Waals surface area (Å²) in [5.41, 5.74) is 2.16. The summed E-state index contributed by atoms with van der Waals surface area (Å²) in [4.78, 5) is 13.4. The molecule has 1 aliphatic carbocycles. The zero-order valence-corrected chi connectivity index (χ0v) is 10.1. The minimum Gasteiger partial charge on any atom is -0.391 e. The third-order valence-corrected chi connectivity index (χ3v) is 3.41. The van der Waals surface area contributed by atoms with E-state index >= 15 is 0 Å². The van der Waals surface area contributed by atoms with Crippen molar-refractivity contribution in [1.82, 2.24) is 10.3 Å². The number of hydrogen-bond acceptors (Lipinski definition) is 4. The topological polar surface area (TPSA) is 78.6 Å². The van der Waals surface area contributed by atoms with Crippen molar-refractivity contribution in [3.05, 3.63) is 0 Å². The number of carbonyl (C=O) groups is 1. The Bertz CT molecular complexity index is 235. The lowest BCUT2D eigenvalue weighted by atomic mass is 9.91. The highest BCUT2D eigenvalue weighted by Crippen LogP contribution is 2.22. The minimum atomic E-state index is -0.258. The molecule has 0 bridgehead atoms. The molecule has 3 unspecified atom stereocenters. The first-order valence-corrected chi connectivity index (χ1v) is 5.95. The predicted molar refractivity (Wildman–Crippen MR) is 62.4 cm³/mol. The first kappa shape index (κ1) is 13.4. The minimum absolute atomic E-state index is 0.149. The molecule has 0 saturated heterocycles. The smallest absolute Gasteiger partial charge is 0.237 e. The van der Waals surface area contributed by atoms with Crippen molar-refractivity contribution in [1.29, 1.82) is 0 Å². The SMILES string of the molecule is CC(CN(C)C1CCCCC1O)C(=O)NN. The lowest BCUT2D eigenvalue weighted by Crippen LogP contribution is -2.47. The summed E-state index contributed by atoms with van der Waals surface area (Å²) in [5, 5.41) is 9.88. The van der Waals surface area contributed by atoms with Crippen LogP contribution in [0.3, 0.4) is 0 Å². The van der Waals surface area contributed by atoms with Crippen LogP contribution in [-0.2, 0) is 4.79 Å². The molecule has 1 rings (SSSR count). The number of amides is 1. The molecule has 0 aromatic carbocycles. The van der Waals surface area contributed by atoms with Crippen LogP contribution < -0.4 is 11.3 Å². The van der Waals surface area contributed by atoms with Crippen molar-refractivity contribution < 1.29 is 9.90 Å². The van der Waals surface area contributed by atoms with Gasteiger partial charge in [-0.3, -0.25) is 10.2 Å². The summed E-state index contributed by atoms with van der Waals surface area (Å²) < 4.78 is 0. The van der Waals surface area contributed by atoms with Crippen LogP contribution in [0.15, 0.2) is 0 Å². The normalized spacial score (nSPS) is 27.8. The number of hydrogen-bond donors (Lipinski definition) is 3. The third-order valence-electron chi connectivity index (χ3n) is 3.41. The molecule has 1 amide bonds. The maximum Gasteiger partial charge on any atom is 0.237 e. The first-order chi connectivity index (χ1) is 7.56. The summed E-state index contributed by atoms with van der Waals surface area (Å²) in [5.74, 6) is 4.78. The molecule has 0 aromatic heterocycles.